The van der Waals surface area contributed by atoms with Crippen molar-refractivity contribution >= 4 is 11.6 Å². The van der Waals surface area contributed by atoms with Gasteiger partial charge in [-0.1, -0.05) is 12.1 Å². The molecule has 0 aliphatic carbocycles. The fourth-order valence-corrected chi connectivity index (χ4v) is 2.55. The smallest absolute Gasteiger partial charge is 0.217 e. The molecule has 0 saturated heterocycles. The van der Waals surface area contributed by atoms with Gasteiger partial charge in [0, 0.05) is 24.0 Å². The van der Waals surface area contributed by atoms with Gasteiger partial charge in [-0.2, -0.15) is 10.2 Å². The standard InChI is InChI=1S/C19H16F2N4O2/c20-13-3-1-2-4-16(13)27-19-12(5-6-14(22)18(19)21)11-9-10-24-25-15(11)7-8-17(23)26/h1-6,9-10H,7-8,22H2,(H2,23,26). The number of nitrogen functional groups attached to an aromatic ring is 1. The minimum atomic E-state index is -0.826. The molecule has 3 aromatic rings. The second kappa shape index (κ2) is 7.77. The molecule has 1 heterocycles. The Morgan fingerprint density at radius 3 is 2.59 bits per heavy atom. The van der Waals surface area contributed by atoms with Crippen molar-refractivity contribution in [1.29, 1.82) is 0 Å². The molecule has 0 aliphatic heterocycles. The second-order valence-corrected chi connectivity index (χ2v) is 5.74. The summed E-state index contributed by atoms with van der Waals surface area (Å²) in [6.45, 7) is 0. The molecule has 0 unspecified atom stereocenters. The first-order valence-electron chi connectivity index (χ1n) is 8.07. The van der Waals surface area contributed by atoms with Gasteiger partial charge in [0.2, 0.25) is 5.91 Å². The molecule has 27 heavy (non-hydrogen) atoms. The largest absolute Gasteiger partial charge is 0.450 e. The van der Waals surface area contributed by atoms with Crippen molar-refractivity contribution in [3.8, 4) is 22.6 Å². The highest BCUT2D eigenvalue weighted by molar-refractivity contribution is 5.77. The summed E-state index contributed by atoms with van der Waals surface area (Å²) in [4.78, 5) is 11.1. The Labute approximate surface area is 153 Å². The number of rotatable bonds is 6. The van der Waals surface area contributed by atoms with Gasteiger partial charge in [-0.25, -0.2) is 8.78 Å². The van der Waals surface area contributed by atoms with E-state index in [2.05, 4.69) is 10.2 Å². The number of primary amides is 1. The Balaban J connectivity index is 2.11. The molecule has 0 bridgehead atoms. The SMILES string of the molecule is NC(=O)CCc1nnccc1-c1ccc(N)c(F)c1Oc1ccccc1F. The Hall–Kier alpha value is -3.55. The zero-order valence-corrected chi connectivity index (χ0v) is 14.2. The molecule has 138 valence electrons. The van der Waals surface area contributed by atoms with Gasteiger partial charge in [-0.05, 0) is 30.3 Å². The Bertz CT molecular complexity index is 995. The number of benzene rings is 2. The summed E-state index contributed by atoms with van der Waals surface area (Å²) in [5, 5.41) is 7.80. The van der Waals surface area contributed by atoms with Crippen LogP contribution in [0.5, 0.6) is 11.5 Å². The second-order valence-electron chi connectivity index (χ2n) is 5.74. The van der Waals surface area contributed by atoms with E-state index in [0.29, 0.717) is 16.8 Å². The molecular formula is C19H16F2N4O2. The molecule has 8 heteroatoms. The Kier molecular flexibility index (Phi) is 5.25. The van der Waals surface area contributed by atoms with E-state index < -0.39 is 17.5 Å². The summed E-state index contributed by atoms with van der Waals surface area (Å²) in [5.74, 6) is -2.37. The van der Waals surface area contributed by atoms with Crippen LogP contribution in [0.4, 0.5) is 14.5 Å². The first kappa shape index (κ1) is 18.2. The normalized spacial score (nSPS) is 10.6. The van der Waals surface area contributed by atoms with Gasteiger partial charge in [0.05, 0.1) is 17.6 Å². The van der Waals surface area contributed by atoms with Gasteiger partial charge < -0.3 is 16.2 Å². The van der Waals surface area contributed by atoms with E-state index in [9.17, 15) is 13.6 Å². The number of amides is 1. The molecule has 0 aliphatic rings. The van der Waals surface area contributed by atoms with E-state index in [4.69, 9.17) is 16.2 Å². The molecule has 0 spiro atoms. The maximum atomic E-state index is 14.7. The third kappa shape index (κ3) is 4.00. The fourth-order valence-electron chi connectivity index (χ4n) is 2.55. The number of nitrogens with two attached hydrogens (primary N) is 2. The molecule has 3 rings (SSSR count). The van der Waals surface area contributed by atoms with Gasteiger partial charge in [0.15, 0.2) is 23.1 Å². The third-order valence-electron chi connectivity index (χ3n) is 3.87. The van der Waals surface area contributed by atoms with Gasteiger partial charge >= 0.3 is 0 Å². The van der Waals surface area contributed by atoms with E-state index in [1.54, 1.807) is 18.2 Å². The number of aromatic nitrogens is 2. The summed E-state index contributed by atoms with van der Waals surface area (Å²) in [6, 6.07) is 10.1. The van der Waals surface area contributed by atoms with Crippen molar-refractivity contribution in [2.24, 2.45) is 5.73 Å². The summed E-state index contributed by atoms with van der Waals surface area (Å²) in [7, 11) is 0. The summed E-state index contributed by atoms with van der Waals surface area (Å²) < 4.78 is 34.2. The summed E-state index contributed by atoms with van der Waals surface area (Å²) in [6.07, 6.45) is 1.68. The minimum absolute atomic E-state index is 0.0483. The van der Waals surface area contributed by atoms with Gasteiger partial charge in [-0.3, -0.25) is 4.79 Å². The number of ether oxygens (including phenoxy) is 1. The van der Waals surface area contributed by atoms with Crippen LogP contribution < -0.4 is 16.2 Å². The lowest BCUT2D eigenvalue weighted by molar-refractivity contribution is -0.118. The zero-order chi connectivity index (χ0) is 19.4. The van der Waals surface area contributed by atoms with Crippen molar-refractivity contribution in [2.45, 2.75) is 12.8 Å². The molecule has 4 N–H and O–H groups in total. The van der Waals surface area contributed by atoms with E-state index in [1.165, 1.54) is 30.5 Å². The molecule has 0 saturated carbocycles. The average Bonchev–Trinajstić information content (AvgIpc) is 2.66. The molecule has 1 amide bonds. The Morgan fingerprint density at radius 1 is 1.07 bits per heavy atom. The predicted molar refractivity (Wildman–Crippen MR) is 95.8 cm³/mol. The molecule has 0 atom stereocenters. The number of carbonyl (C=O) groups excluding carboxylic acids is 1. The number of aryl methyl sites for hydroxylation is 1. The number of carbonyl (C=O) groups is 1. The molecular weight excluding hydrogens is 354 g/mol. The number of hydrogen-bond acceptors (Lipinski definition) is 5. The molecule has 6 nitrogen and oxygen atoms in total. The number of hydrogen-bond donors (Lipinski definition) is 2. The van der Waals surface area contributed by atoms with Crippen LogP contribution in [0.2, 0.25) is 0 Å². The van der Waals surface area contributed by atoms with Crippen LogP contribution in [0.25, 0.3) is 11.1 Å². The number of para-hydroxylation sites is 1. The Morgan fingerprint density at radius 2 is 1.85 bits per heavy atom. The quantitative estimate of drug-likeness (QED) is 0.649. The van der Waals surface area contributed by atoms with E-state index >= 15 is 0 Å². The number of halogens is 2. The van der Waals surface area contributed by atoms with Crippen LogP contribution in [-0.4, -0.2) is 16.1 Å². The third-order valence-corrected chi connectivity index (χ3v) is 3.87. The van der Waals surface area contributed by atoms with Crippen LogP contribution in [0.1, 0.15) is 12.1 Å². The molecule has 0 radical (unpaired) electrons. The maximum Gasteiger partial charge on any atom is 0.217 e. The van der Waals surface area contributed by atoms with Gasteiger partial charge in [-0.15, -0.1) is 0 Å². The van der Waals surface area contributed by atoms with Gasteiger partial charge in [0.25, 0.3) is 0 Å². The highest BCUT2D eigenvalue weighted by atomic mass is 19.1. The van der Waals surface area contributed by atoms with Crippen LogP contribution in [-0.2, 0) is 11.2 Å². The van der Waals surface area contributed by atoms with Crippen LogP contribution in [0.3, 0.4) is 0 Å². The van der Waals surface area contributed by atoms with Crippen molar-refractivity contribution in [3.63, 3.8) is 0 Å². The van der Waals surface area contributed by atoms with Crippen LogP contribution in [0, 0.1) is 11.6 Å². The average molecular weight is 370 g/mol. The highest BCUT2D eigenvalue weighted by Gasteiger charge is 2.20. The topological polar surface area (TPSA) is 104 Å². The monoisotopic (exact) mass is 370 g/mol. The van der Waals surface area contributed by atoms with Crippen LogP contribution >= 0.6 is 0 Å². The summed E-state index contributed by atoms with van der Waals surface area (Å²) in [5.41, 5.74) is 11.9. The van der Waals surface area contributed by atoms with E-state index in [-0.39, 0.29) is 30.0 Å². The van der Waals surface area contributed by atoms with E-state index in [1.807, 2.05) is 0 Å². The highest BCUT2D eigenvalue weighted by Crippen LogP contribution is 2.39. The molecule has 1 aromatic heterocycles. The first-order chi connectivity index (χ1) is 13.0. The number of anilines is 1. The van der Waals surface area contributed by atoms with Gasteiger partial charge in [0.1, 0.15) is 0 Å². The molecule has 0 fully saturated rings. The van der Waals surface area contributed by atoms with Crippen molar-refractivity contribution < 1.29 is 18.3 Å². The predicted octanol–water partition coefficient (Wildman–Crippen LogP) is 3.21. The van der Waals surface area contributed by atoms with Crippen LogP contribution in [0.15, 0.2) is 48.7 Å². The van der Waals surface area contributed by atoms with E-state index in [0.717, 1.165) is 0 Å². The lowest BCUT2D eigenvalue weighted by Gasteiger charge is -2.15. The lowest BCUT2D eigenvalue weighted by Crippen LogP contribution is -2.12. The first-order valence-corrected chi connectivity index (χ1v) is 8.07. The molecule has 2 aromatic carbocycles. The zero-order valence-electron chi connectivity index (χ0n) is 14.2. The maximum absolute atomic E-state index is 14.7. The van der Waals surface area contributed by atoms with Crippen molar-refractivity contribution in [2.75, 3.05) is 5.73 Å². The number of nitrogens with zero attached hydrogens (tertiary/aromatic N) is 2. The fraction of sp³-hybridized carbons (Fsp3) is 0.105. The lowest BCUT2D eigenvalue weighted by atomic mass is 10.00. The van der Waals surface area contributed by atoms with Crippen molar-refractivity contribution in [1.82, 2.24) is 10.2 Å². The van der Waals surface area contributed by atoms with Crippen molar-refractivity contribution in [3.05, 3.63) is 66.0 Å². The minimum Gasteiger partial charge on any atom is -0.450 e. The summed E-state index contributed by atoms with van der Waals surface area (Å²) >= 11 is 0.